The Labute approximate surface area is 83.7 Å². The average molecular weight is 193 g/mol. The summed E-state index contributed by atoms with van der Waals surface area (Å²) >= 11 is 0. The lowest BCUT2D eigenvalue weighted by molar-refractivity contribution is -0.120. The average Bonchev–Trinajstić information content (AvgIpc) is 2.19. The van der Waals surface area contributed by atoms with Crippen LogP contribution in [0.4, 0.5) is 5.82 Å². The normalized spacial score (nSPS) is 11.9. The van der Waals surface area contributed by atoms with Crippen molar-refractivity contribution >= 4 is 11.7 Å². The molecule has 0 saturated carbocycles. The minimum atomic E-state index is 0.0286. The van der Waals surface area contributed by atoms with E-state index in [4.69, 9.17) is 0 Å². The van der Waals surface area contributed by atoms with E-state index >= 15 is 0 Å². The molecule has 14 heavy (non-hydrogen) atoms. The van der Waals surface area contributed by atoms with E-state index in [0.717, 1.165) is 5.82 Å². The molecule has 2 N–H and O–H groups in total. The zero-order valence-corrected chi connectivity index (χ0v) is 8.45. The number of hydrogen-bond acceptors (Lipinski definition) is 3. The Hall–Kier alpha value is -1.58. The highest BCUT2D eigenvalue weighted by Gasteiger charge is 2.06. The van der Waals surface area contributed by atoms with Crippen molar-refractivity contribution in [3.63, 3.8) is 0 Å². The molecule has 1 heterocycles. The molecular formula is C10H15N3O. The minimum absolute atomic E-state index is 0.0286. The lowest BCUT2D eigenvalue weighted by atomic mass is 10.2. The van der Waals surface area contributed by atoms with Gasteiger partial charge in [0, 0.05) is 25.7 Å². The number of hydrogen-bond donors (Lipinski definition) is 2. The van der Waals surface area contributed by atoms with Gasteiger partial charge >= 0.3 is 0 Å². The monoisotopic (exact) mass is 193 g/mol. The SMILES string of the molecule is CNC(=O)CC(C)Nc1ccccn1. The van der Waals surface area contributed by atoms with Crippen molar-refractivity contribution in [2.75, 3.05) is 12.4 Å². The smallest absolute Gasteiger partial charge is 0.221 e. The van der Waals surface area contributed by atoms with Gasteiger partial charge in [0.2, 0.25) is 5.91 Å². The maximum atomic E-state index is 11.0. The first-order valence-electron chi connectivity index (χ1n) is 4.60. The number of carbonyl (C=O) groups is 1. The van der Waals surface area contributed by atoms with Crippen molar-refractivity contribution in [2.24, 2.45) is 0 Å². The number of rotatable bonds is 4. The minimum Gasteiger partial charge on any atom is -0.367 e. The van der Waals surface area contributed by atoms with Crippen LogP contribution in [0.5, 0.6) is 0 Å². The number of pyridine rings is 1. The topological polar surface area (TPSA) is 54.0 Å². The first-order chi connectivity index (χ1) is 6.72. The van der Waals surface area contributed by atoms with Crippen molar-refractivity contribution in [1.82, 2.24) is 10.3 Å². The summed E-state index contributed by atoms with van der Waals surface area (Å²) in [5.41, 5.74) is 0. The predicted octanol–water partition coefficient (Wildman–Crippen LogP) is 1.02. The third-order valence-corrected chi connectivity index (χ3v) is 1.83. The van der Waals surface area contributed by atoms with Gasteiger partial charge in [0.1, 0.15) is 5.82 Å². The molecule has 0 fully saturated rings. The van der Waals surface area contributed by atoms with Gasteiger partial charge in [-0.05, 0) is 19.1 Å². The van der Waals surface area contributed by atoms with Crippen LogP contribution in [0.3, 0.4) is 0 Å². The zero-order chi connectivity index (χ0) is 10.4. The molecule has 4 nitrogen and oxygen atoms in total. The van der Waals surface area contributed by atoms with Gasteiger partial charge in [-0.1, -0.05) is 6.07 Å². The molecule has 1 unspecified atom stereocenters. The molecule has 0 saturated heterocycles. The third-order valence-electron chi connectivity index (χ3n) is 1.83. The highest BCUT2D eigenvalue weighted by atomic mass is 16.1. The first kappa shape index (κ1) is 10.5. The largest absolute Gasteiger partial charge is 0.367 e. The standard InChI is InChI=1S/C10H15N3O/c1-8(7-10(14)11-2)13-9-5-3-4-6-12-9/h3-6,8H,7H2,1-2H3,(H,11,14)(H,12,13). The first-order valence-corrected chi connectivity index (χ1v) is 4.60. The fourth-order valence-electron chi connectivity index (χ4n) is 1.13. The maximum Gasteiger partial charge on any atom is 0.221 e. The second-order valence-electron chi connectivity index (χ2n) is 3.14. The Bertz CT molecular complexity index is 287. The number of aromatic nitrogens is 1. The molecule has 76 valence electrons. The lowest BCUT2D eigenvalue weighted by Gasteiger charge is -2.12. The molecule has 1 atom stereocenters. The van der Waals surface area contributed by atoms with Crippen molar-refractivity contribution < 1.29 is 4.79 Å². The summed E-state index contributed by atoms with van der Waals surface area (Å²) in [7, 11) is 1.63. The van der Waals surface area contributed by atoms with E-state index in [2.05, 4.69) is 15.6 Å². The molecule has 1 rings (SSSR count). The fraction of sp³-hybridized carbons (Fsp3) is 0.400. The summed E-state index contributed by atoms with van der Waals surface area (Å²) in [6.45, 7) is 1.95. The summed E-state index contributed by atoms with van der Waals surface area (Å²) in [6, 6.07) is 5.72. The van der Waals surface area contributed by atoms with Crippen LogP contribution in [-0.2, 0) is 4.79 Å². The van der Waals surface area contributed by atoms with E-state index in [1.807, 2.05) is 25.1 Å². The molecule has 1 amide bonds. The predicted molar refractivity (Wildman–Crippen MR) is 56.0 cm³/mol. The van der Waals surface area contributed by atoms with Crippen molar-refractivity contribution in [2.45, 2.75) is 19.4 Å². The highest BCUT2D eigenvalue weighted by Crippen LogP contribution is 2.04. The van der Waals surface area contributed by atoms with Gasteiger partial charge in [0.05, 0.1) is 0 Å². The van der Waals surface area contributed by atoms with Crippen molar-refractivity contribution in [1.29, 1.82) is 0 Å². The van der Waals surface area contributed by atoms with E-state index < -0.39 is 0 Å². The van der Waals surface area contributed by atoms with E-state index in [1.165, 1.54) is 0 Å². The second-order valence-corrected chi connectivity index (χ2v) is 3.14. The summed E-state index contributed by atoms with van der Waals surface area (Å²) in [5.74, 6) is 0.824. The fourth-order valence-corrected chi connectivity index (χ4v) is 1.13. The van der Waals surface area contributed by atoms with Crippen LogP contribution in [0.15, 0.2) is 24.4 Å². The van der Waals surface area contributed by atoms with E-state index in [9.17, 15) is 4.79 Å². The van der Waals surface area contributed by atoms with Gasteiger partial charge in [-0.2, -0.15) is 0 Å². The van der Waals surface area contributed by atoms with Crippen LogP contribution < -0.4 is 10.6 Å². The summed E-state index contributed by atoms with van der Waals surface area (Å²) < 4.78 is 0. The Balaban J connectivity index is 2.41. The Morgan fingerprint density at radius 1 is 1.57 bits per heavy atom. The van der Waals surface area contributed by atoms with Gasteiger partial charge < -0.3 is 10.6 Å². The zero-order valence-electron chi connectivity index (χ0n) is 8.45. The van der Waals surface area contributed by atoms with Crippen LogP contribution in [-0.4, -0.2) is 24.0 Å². The molecule has 0 aliphatic carbocycles. The molecule has 0 aromatic carbocycles. The van der Waals surface area contributed by atoms with E-state index in [1.54, 1.807) is 13.2 Å². The maximum absolute atomic E-state index is 11.0. The van der Waals surface area contributed by atoms with Gasteiger partial charge in [-0.15, -0.1) is 0 Å². The molecule has 0 aliphatic rings. The van der Waals surface area contributed by atoms with Crippen LogP contribution in [0, 0.1) is 0 Å². The molecule has 0 spiro atoms. The third kappa shape index (κ3) is 3.43. The lowest BCUT2D eigenvalue weighted by Crippen LogP contribution is -2.26. The number of nitrogens with one attached hydrogen (secondary N) is 2. The molecular weight excluding hydrogens is 178 g/mol. The number of anilines is 1. The van der Waals surface area contributed by atoms with Gasteiger partial charge in [-0.3, -0.25) is 4.79 Å². The molecule has 0 radical (unpaired) electrons. The number of nitrogens with zero attached hydrogens (tertiary/aromatic N) is 1. The Kier molecular flexibility index (Phi) is 3.91. The highest BCUT2D eigenvalue weighted by molar-refractivity contribution is 5.76. The van der Waals surface area contributed by atoms with E-state index in [0.29, 0.717) is 6.42 Å². The molecule has 1 aromatic heterocycles. The van der Waals surface area contributed by atoms with Gasteiger partial charge in [0.15, 0.2) is 0 Å². The number of amides is 1. The summed E-state index contributed by atoms with van der Waals surface area (Å²) in [4.78, 5) is 15.1. The van der Waals surface area contributed by atoms with Gasteiger partial charge in [0.25, 0.3) is 0 Å². The Morgan fingerprint density at radius 2 is 2.36 bits per heavy atom. The quantitative estimate of drug-likeness (QED) is 0.750. The van der Waals surface area contributed by atoms with Crippen LogP contribution in [0.2, 0.25) is 0 Å². The molecule has 1 aromatic rings. The van der Waals surface area contributed by atoms with Gasteiger partial charge in [-0.25, -0.2) is 4.98 Å². The molecule has 0 aliphatic heterocycles. The van der Waals surface area contributed by atoms with Crippen LogP contribution >= 0.6 is 0 Å². The van der Waals surface area contributed by atoms with Crippen molar-refractivity contribution in [3.8, 4) is 0 Å². The van der Waals surface area contributed by atoms with Crippen molar-refractivity contribution in [3.05, 3.63) is 24.4 Å². The molecule has 4 heteroatoms. The second kappa shape index (κ2) is 5.21. The summed E-state index contributed by atoms with van der Waals surface area (Å²) in [6.07, 6.45) is 2.17. The Morgan fingerprint density at radius 3 is 2.93 bits per heavy atom. The molecule has 0 bridgehead atoms. The van der Waals surface area contributed by atoms with Crippen LogP contribution in [0.1, 0.15) is 13.3 Å². The van der Waals surface area contributed by atoms with E-state index in [-0.39, 0.29) is 11.9 Å². The number of carbonyl (C=O) groups excluding carboxylic acids is 1. The van der Waals surface area contributed by atoms with Crippen LogP contribution in [0.25, 0.3) is 0 Å². The summed E-state index contributed by atoms with van der Waals surface area (Å²) in [5, 5.41) is 5.72.